The van der Waals surface area contributed by atoms with Crippen LogP contribution in [0.2, 0.25) is 0 Å². The second-order valence-electron chi connectivity index (χ2n) is 3.89. The van der Waals surface area contributed by atoms with Gasteiger partial charge in [-0.15, -0.1) is 0 Å². The van der Waals surface area contributed by atoms with Crippen LogP contribution in [0.5, 0.6) is 0 Å². The molecule has 0 spiro atoms. The standard InChI is InChI=1S/C11H12O3S/c1-8-7-10(11(8)12)15(13,14)9-5-3-2-4-6-9/h2-6,8,10H,7H2,1H3. The van der Waals surface area contributed by atoms with E-state index in [2.05, 4.69) is 0 Å². The fourth-order valence-electron chi connectivity index (χ4n) is 1.76. The molecule has 4 heteroatoms. The van der Waals surface area contributed by atoms with Gasteiger partial charge in [0.25, 0.3) is 0 Å². The van der Waals surface area contributed by atoms with E-state index in [1.165, 1.54) is 12.1 Å². The molecule has 0 amide bonds. The second-order valence-corrected chi connectivity index (χ2v) is 6.02. The SMILES string of the molecule is CC1CC(S(=O)(=O)c2ccccc2)C1=O. The highest BCUT2D eigenvalue weighted by atomic mass is 32.2. The fraction of sp³-hybridized carbons (Fsp3) is 0.364. The maximum Gasteiger partial charge on any atom is 0.188 e. The number of Topliss-reactive ketones (excluding diaryl/α,β-unsaturated/α-hetero) is 1. The summed E-state index contributed by atoms with van der Waals surface area (Å²) in [5.74, 6) is -0.257. The van der Waals surface area contributed by atoms with Gasteiger partial charge in [0.15, 0.2) is 15.6 Å². The van der Waals surface area contributed by atoms with E-state index in [1.54, 1.807) is 25.1 Å². The van der Waals surface area contributed by atoms with Gasteiger partial charge in [-0.3, -0.25) is 4.79 Å². The van der Waals surface area contributed by atoms with Crippen molar-refractivity contribution in [3.05, 3.63) is 30.3 Å². The van der Waals surface area contributed by atoms with Crippen LogP contribution < -0.4 is 0 Å². The van der Waals surface area contributed by atoms with Crippen LogP contribution in [-0.4, -0.2) is 19.5 Å². The summed E-state index contributed by atoms with van der Waals surface area (Å²) in [4.78, 5) is 11.6. The van der Waals surface area contributed by atoms with Gasteiger partial charge < -0.3 is 0 Å². The smallest absolute Gasteiger partial charge is 0.188 e. The normalized spacial score (nSPS) is 26.1. The fourth-order valence-corrected chi connectivity index (χ4v) is 3.71. The van der Waals surface area contributed by atoms with E-state index in [1.807, 2.05) is 0 Å². The van der Waals surface area contributed by atoms with Crippen molar-refractivity contribution >= 4 is 15.6 Å². The Morgan fingerprint density at radius 1 is 1.20 bits per heavy atom. The molecule has 2 rings (SSSR count). The van der Waals surface area contributed by atoms with Gasteiger partial charge in [0, 0.05) is 5.92 Å². The predicted octanol–water partition coefficient (Wildman–Crippen LogP) is 1.44. The third-order valence-electron chi connectivity index (χ3n) is 2.82. The zero-order valence-corrected chi connectivity index (χ0v) is 9.20. The summed E-state index contributed by atoms with van der Waals surface area (Å²) in [6.45, 7) is 1.76. The van der Waals surface area contributed by atoms with Gasteiger partial charge in [-0.05, 0) is 18.6 Å². The van der Waals surface area contributed by atoms with Crippen LogP contribution in [0.4, 0.5) is 0 Å². The summed E-state index contributed by atoms with van der Waals surface area (Å²) in [5, 5.41) is -0.810. The van der Waals surface area contributed by atoms with Gasteiger partial charge in [-0.1, -0.05) is 25.1 Å². The molecule has 80 valence electrons. The van der Waals surface area contributed by atoms with Crippen LogP contribution in [0.15, 0.2) is 35.2 Å². The average Bonchev–Trinajstić information content (AvgIpc) is 2.26. The van der Waals surface area contributed by atoms with E-state index >= 15 is 0 Å². The lowest BCUT2D eigenvalue weighted by atomic mass is 9.85. The summed E-state index contributed by atoms with van der Waals surface area (Å²) in [7, 11) is -3.43. The van der Waals surface area contributed by atoms with E-state index < -0.39 is 15.1 Å². The first kappa shape index (κ1) is 10.4. The zero-order chi connectivity index (χ0) is 11.1. The lowest BCUT2D eigenvalue weighted by molar-refractivity contribution is -0.127. The van der Waals surface area contributed by atoms with Crippen LogP contribution in [0.25, 0.3) is 0 Å². The quantitative estimate of drug-likeness (QED) is 0.763. The Labute approximate surface area is 89.0 Å². The largest absolute Gasteiger partial charge is 0.298 e. The molecule has 1 aliphatic carbocycles. The van der Waals surface area contributed by atoms with Gasteiger partial charge >= 0.3 is 0 Å². The van der Waals surface area contributed by atoms with Crippen LogP contribution in [0.3, 0.4) is 0 Å². The third-order valence-corrected chi connectivity index (χ3v) is 4.92. The molecule has 1 aromatic rings. The topological polar surface area (TPSA) is 51.2 Å². The Kier molecular flexibility index (Phi) is 2.38. The van der Waals surface area contributed by atoms with Gasteiger partial charge in [-0.2, -0.15) is 0 Å². The van der Waals surface area contributed by atoms with Crippen molar-refractivity contribution in [1.82, 2.24) is 0 Å². The number of hydrogen-bond donors (Lipinski definition) is 0. The zero-order valence-electron chi connectivity index (χ0n) is 8.38. The molecule has 0 aromatic heterocycles. The van der Waals surface area contributed by atoms with Crippen molar-refractivity contribution in [3.63, 3.8) is 0 Å². The van der Waals surface area contributed by atoms with Crippen LogP contribution in [0.1, 0.15) is 13.3 Å². The summed E-state index contributed by atoms with van der Waals surface area (Å²) in [6, 6.07) is 8.15. The molecule has 15 heavy (non-hydrogen) atoms. The van der Waals surface area contributed by atoms with E-state index in [4.69, 9.17) is 0 Å². The molecule has 1 aliphatic rings. The van der Waals surface area contributed by atoms with Gasteiger partial charge in [-0.25, -0.2) is 8.42 Å². The average molecular weight is 224 g/mol. The maximum atomic E-state index is 11.9. The third kappa shape index (κ3) is 1.59. The predicted molar refractivity (Wildman–Crippen MR) is 56.2 cm³/mol. The maximum absolute atomic E-state index is 11.9. The Morgan fingerprint density at radius 3 is 2.27 bits per heavy atom. The minimum atomic E-state index is -3.43. The lowest BCUT2D eigenvalue weighted by Gasteiger charge is -2.30. The van der Waals surface area contributed by atoms with Gasteiger partial charge in [0.2, 0.25) is 0 Å². The molecular formula is C11H12O3S. The first-order valence-electron chi connectivity index (χ1n) is 4.86. The molecule has 0 radical (unpaired) electrons. The van der Waals surface area contributed by atoms with Crippen molar-refractivity contribution in [2.75, 3.05) is 0 Å². The molecule has 0 saturated heterocycles. The molecule has 3 nitrogen and oxygen atoms in total. The number of carbonyl (C=O) groups is 1. The highest BCUT2D eigenvalue weighted by Gasteiger charge is 2.45. The monoisotopic (exact) mass is 224 g/mol. The number of ketones is 1. The molecule has 0 heterocycles. The summed E-state index contributed by atoms with van der Waals surface area (Å²) in [6.07, 6.45) is 0.454. The van der Waals surface area contributed by atoms with E-state index in [-0.39, 0.29) is 16.6 Å². The van der Waals surface area contributed by atoms with E-state index in [0.29, 0.717) is 6.42 Å². The number of benzene rings is 1. The van der Waals surface area contributed by atoms with Crippen molar-refractivity contribution in [3.8, 4) is 0 Å². The Balaban J connectivity index is 2.34. The van der Waals surface area contributed by atoms with E-state index in [0.717, 1.165) is 0 Å². The highest BCUT2D eigenvalue weighted by molar-refractivity contribution is 7.93. The van der Waals surface area contributed by atoms with Gasteiger partial charge in [0.05, 0.1) is 4.90 Å². The van der Waals surface area contributed by atoms with Crippen LogP contribution in [0, 0.1) is 5.92 Å². The van der Waals surface area contributed by atoms with Crippen molar-refractivity contribution in [2.45, 2.75) is 23.5 Å². The van der Waals surface area contributed by atoms with Crippen LogP contribution in [-0.2, 0) is 14.6 Å². The van der Waals surface area contributed by atoms with Gasteiger partial charge in [0.1, 0.15) is 5.25 Å². The number of hydrogen-bond acceptors (Lipinski definition) is 3. The Morgan fingerprint density at radius 2 is 1.80 bits per heavy atom. The molecule has 0 bridgehead atoms. The molecule has 2 unspecified atom stereocenters. The molecular weight excluding hydrogens is 212 g/mol. The Hall–Kier alpha value is -1.16. The number of rotatable bonds is 2. The van der Waals surface area contributed by atoms with Crippen molar-refractivity contribution in [1.29, 1.82) is 0 Å². The summed E-state index contributed by atoms with van der Waals surface area (Å²) in [5.41, 5.74) is 0. The Bertz CT molecular complexity index is 476. The first-order valence-corrected chi connectivity index (χ1v) is 6.41. The molecule has 1 saturated carbocycles. The number of carbonyl (C=O) groups excluding carboxylic acids is 1. The molecule has 2 atom stereocenters. The lowest BCUT2D eigenvalue weighted by Crippen LogP contribution is -2.45. The molecule has 1 aromatic carbocycles. The highest BCUT2D eigenvalue weighted by Crippen LogP contribution is 2.32. The molecule has 0 N–H and O–H groups in total. The minimum absolute atomic E-state index is 0.103. The van der Waals surface area contributed by atoms with Crippen LogP contribution >= 0.6 is 0 Å². The van der Waals surface area contributed by atoms with Crippen molar-refractivity contribution < 1.29 is 13.2 Å². The summed E-state index contributed by atoms with van der Waals surface area (Å²) < 4.78 is 23.9. The first-order chi connectivity index (χ1) is 7.03. The minimum Gasteiger partial charge on any atom is -0.298 e. The van der Waals surface area contributed by atoms with E-state index in [9.17, 15) is 13.2 Å². The second kappa shape index (κ2) is 3.45. The molecule has 1 fully saturated rings. The summed E-state index contributed by atoms with van der Waals surface area (Å²) >= 11 is 0. The number of sulfone groups is 1. The van der Waals surface area contributed by atoms with Crippen molar-refractivity contribution in [2.24, 2.45) is 5.92 Å². The molecule has 0 aliphatic heterocycles.